The summed E-state index contributed by atoms with van der Waals surface area (Å²) in [6, 6.07) is 6.27. The van der Waals surface area contributed by atoms with Crippen LogP contribution >= 0.6 is 0 Å². The first-order valence-electron chi connectivity index (χ1n) is 8.31. The van der Waals surface area contributed by atoms with Gasteiger partial charge >= 0.3 is 5.97 Å². The van der Waals surface area contributed by atoms with Crippen LogP contribution in [0.2, 0.25) is 0 Å². The van der Waals surface area contributed by atoms with Gasteiger partial charge in [0.1, 0.15) is 0 Å². The zero-order valence-electron chi connectivity index (χ0n) is 14.4. The fourth-order valence-corrected chi connectivity index (χ4v) is 2.92. The predicted octanol–water partition coefficient (Wildman–Crippen LogP) is 2.48. The molecule has 2 heterocycles. The van der Waals surface area contributed by atoms with E-state index in [4.69, 9.17) is 9.47 Å². The molecule has 0 saturated carbocycles. The average Bonchev–Trinajstić information content (AvgIpc) is 2.82. The first-order chi connectivity index (χ1) is 11.9. The number of hydrogen-bond acceptors (Lipinski definition) is 5. The Morgan fingerprint density at radius 3 is 2.44 bits per heavy atom. The van der Waals surface area contributed by atoms with E-state index < -0.39 is 5.97 Å². The SMILES string of the molecule is CC1=CC(=O)N(c2ccc(C(=O)OCCCC3(C)COC3)cc2)C1=O. The molecule has 0 spiro atoms. The molecule has 0 aromatic heterocycles. The van der Waals surface area contributed by atoms with Crippen molar-refractivity contribution in [1.82, 2.24) is 0 Å². The molecule has 0 aliphatic carbocycles. The number of carbonyl (C=O) groups excluding carboxylic acids is 3. The Hall–Kier alpha value is -2.47. The normalized spacial score (nSPS) is 18.8. The maximum absolute atomic E-state index is 12.1. The van der Waals surface area contributed by atoms with Gasteiger partial charge in [-0.2, -0.15) is 0 Å². The van der Waals surface area contributed by atoms with Crippen LogP contribution in [0.15, 0.2) is 35.9 Å². The molecule has 0 radical (unpaired) electrons. The van der Waals surface area contributed by atoms with Crippen molar-refractivity contribution >= 4 is 23.5 Å². The molecule has 0 N–H and O–H groups in total. The molecule has 1 fully saturated rings. The number of benzene rings is 1. The third kappa shape index (κ3) is 3.64. The number of imide groups is 1. The maximum Gasteiger partial charge on any atom is 0.338 e. The van der Waals surface area contributed by atoms with Gasteiger partial charge in [0, 0.05) is 17.1 Å². The Morgan fingerprint density at radius 2 is 1.92 bits per heavy atom. The van der Waals surface area contributed by atoms with E-state index in [9.17, 15) is 14.4 Å². The molecule has 2 aliphatic heterocycles. The summed E-state index contributed by atoms with van der Waals surface area (Å²) in [7, 11) is 0. The zero-order chi connectivity index (χ0) is 18.0. The lowest BCUT2D eigenvalue weighted by Gasteiger charge is -2.38. The van der Waals surface area contributed by atoms with Gasteiger partial charge in [-0.1, -0.05) is 6.92 Å². The molecule has 2 aliphatic rings. The van der Waals surface area contributed by atoms with Crippen LogP contribution in [-0.4, -0.2) is 37.6 Å². The molecule has 3 rings (SSSR count). The number of amides is 2. The van der Waals surface area contributed by atoms with E-state index in [1.54, 1.807) is 31.2 Å². The van der Waals surface area contributed by atoms with Gasteiger partial charge in [-0.3, -0.25) is 9.59 Å². The van der Waals surface area contributed by atoms with Crippen molar-refractivity contribution in [3.8, 4) is 0 Å². The summed E-state index contributed by atoms with van der Waals surface area (Å²) in [5, 5.41) is 0. The van der Waals surface area contributed by atoms with Gasteiger partial charge in [0.2, 0.25) is 0 Å². The third-order valence-corrected chi connectivity index (χ3v) is 4.52. The average molecular weight is 343 g/mol. The molecule has 2 amide bonds. The lowest BCUT2D eigenvalue weighted by atomic mass is 9.84. The van der Waals surface area contributed by atoms with Crippen LogP contribution in [0.5, 0.6) is 0 Å². The Balaban J connectivity index is 1.52. The summed E-state index contributed by atoms with van der Waals surface area (Å²) in [6.07, 6.45) is 3.06. The minimum absolute atomic E-state index is 0.217. The van der Waals surface area contributed by atoms with Gasteiger partial charge in [-0.25, -0.2) is 9.69 Å². The molecule has 0 bridgehead atoms. The monoisotopic (exact) mass is 343 g/mol. The van der Waals surface area contributed by atoms with Crippen molar-refractivity contribution in [2.24, 2.45) is 5.41 Å². The minimum atomic E-state index is -0.407. The van der Waals surface area contributed by atoms with Crippen LogP contribution in [0.25, 0.3) is 0 Å². The second kappa shape index (κ2) is 6.80. The minimum Gasteiger partial charge on any atom is -0.462 e. The summed E-state index contributed by atoms with van der Waals surface area (Å²) >= 11 is 0. The number of esters is 1. The van der Waals surface area contributed by atoms with Crippen LogP contribution in [0.3, 0.4) is 0 Å². The standard InChI is InChI=1S/C19H21NO5/c1-13-10-16(21)20(17(13)22)15-6-4-14(5-7-15)18(23)25-9-3-8-19(2)11-24-12-19/h4-7,10H,3,8-9,11-12H2,1-2H3. The van der Waals surface area contributed by atoms with E-state index in [-0.39, 0.29) is 17.2 Å². The van der Waals surface area contributed by atoms with Crippen LogP contribution in [0.1, 0.15) is 37.0 Å². The van der Waals surface area contributed by atoms with Crippen LogP contribution in [0.4, 0.5) is 5.69 Å². The number of carbonyl (C=O) groups is 3. The topological polar surface area (TPSA) is 72.9 Å². The summed E-state index contributed by atoms with van der Waals surface area (Å²) in [5.74, 6) is -1.12. The highest BCUT2D eigenvalue weighted by Crippen LogP contribution is 2.31. The van der Waals surface area contributed by atoms with Crippen molar-refractivity contribution in [1.29, 1.82) is 0 Å². The van der Waals surface area contributed by atoms with Gasteiger partial charge in [-0.15, -0.1) is 0 Å². The molecular weight excluding hydrogens is 322 g/mol. The fourth-order valence-electron chi connectivity index (χ4n) is 2.92. The number of anilines is 1. The van der Waals surface area contributed by atoms with Gasteiger partial charge in [-0.05, 0) is 44.0 Å². The van der Waals surface area contributed by atoms with Crippen molar-refractivity contribution in [3.63, 3.8) is 0 Å². The summed E-state index contributed by atoms with van der Waals surface area (Å²) in [5.41, 5.74) is 1.46. The first kappa shape index (κ1) is 17.4. The lowest BCUT2D eigenvalue weighted by Crippen LogP contribution is -2.39. The Labute approximate surface area is 146 Å². The molecule has 25 heavy (non-hydrogen) atoms. The highest BCUT2D eigenvalue weighted by atomic mass is 16.5. The smallest absolute Gasteiger partial charge is 0.338 e. The molecule has 1 saturated heterocycles. The largest absolute Gasteiger partial charge is 0.462 e. The molecule has 0 unspecified atom stereocenters. The van der Waals surface area contributed by atoms with Gasteiger partial charge in [0.25, 0.3) is 11.8 Å². The van der Waals surface area contributed by atoms with Crippen molar-refractivity contribution in [2.45, 2.75) is 26.7 Å². The molecular formula is C19H21NO5. The highest BCUT2D eigenvalue weighted by Gasteiger charge is 2.32. The van der Waals surface area contributed by atoms with E-state index in [1.807, 2.05) is 0 Å². The maximum atomic E-state index is 12.1. The number of hydrogen-bond donors (Lipinski definition) is 0. The Bertz CT molecular complexity index is 731. The molecule has 1 aromatic rings. The van der Waals surface area contributed by atoms with Crippen molar-refractivity contribution < 1.29 is 23.9 Å². The van der Waals surface area contributed by atoms with Crippen LogP contribution in [-0.2, 0) is 19.1 Å². The van der Waals surface area contributed by atoms with E-state index >= 15 is 0 Å². The highest BCUT2D eigenvalue weighted by molar-refractivity contribution is 6.30. The van der Waals surface area contributed by atoms with Crippen molar-refractivity contribution in [2.75, 3.05) is 24.7 Å². The summed E-state index contributed by atoms with van der Waals surface area (Å²) < 4.78 is 10.5. The fraction of sp³-hybridized carbons (Fsp3) is 0.421. The molecule has 0 atom stereocenters. The molecule has 6 nitrogen and oxygen atoms in total. The van der Waals surface area contributed by atoms with Crippen molar-refractivity contribution in [3.05, 3.63) is 41.5 Å². The second-order valence-electron chi connectivity index (χ2n) is 6.90. The van der Waals surface area contributed by atoms with E-state index in [2.05, 4.69) is 6.92 Å². The lowest BCUT2D eigenvalue weighted by molar-refractivity contribution is -0.120. The molecule has 6 heteroatoms. The number of rotatable bonds is 6. The van der Waals surface area contributed by atoms with Crippen LogP contribution in [0, 0.1) is 5.41 Å². The molecule has 132 valence electrons. The van der Waals surface area contributed by atoms with E-state index in [0.29, 0.717) is 23.4 Å². The van der Waals surface area contributed by atoms with Gasteiger partial charge in [0.05, 0.1) is 31.1 Å². The third-order valence-electron chi connectivity index (χ3n) is 4.52. The Kier molecular flexibility index (Phi) is 4.72. The van der Waals surface area contributed by atoms with E-state index in [1.165, 1.54) is 6.08 Å². The number of ether oxygens (including phenoxy) is 2. The van der Waals surface area contributed by atoms with Gasteiger partial charge < -0.3 is 9.47 Å². The second-order valence-corrected chi connectivity index (χ2v) is 6.90. The van der Waals surface area contributed by atoms with E-state index in [0.717, 1.165) is 31.0 Å². The Morgan fingerprint density at radius 1 is 1.24 bits per heavy atom. The van der Waals surface area contributed by atoms with Crippen LogP contribution < -0.4 is 4.90 Å². The quantitative estimate of drug-likeness (QED) is 0.451. The zero-order valence-corrected chi connectivity index (χ0v) is 14.4. The number of nitrogens with zero attached hydrogens (tertiary/aromatic N) is 1. The predicted molar refractivity (Wildman–Crippen MR) is 91.1 cm³/mol. The summed E-state index contributed by atoms with van der Waals surface area (Å²) in [4.78, 5) is 36.9. The van der Waals surface area contributed by atoms with Gasteiger partial charge in [0.15, 0.2) is 0 Å². The molecule has 1 aromatic carbocycles. The first-order valence-corrected chi connectivity index (χ1v) is 8.31. The summed E-state index contributed by atoms with van der Waals surface area (Å²) in [6.45, 7) is 5.66.